The Labute approximate surface area is 119 Å². The molecule has 6 heteroatoms. The Bertz CT molecular complexity index is 483. The van der Waals surface area contributed by atoms with E-state index in [2.05, 4.69) is 0 Å². The van der Waals surface area contributed by atoms with E-state index in [4.69, 9.17) is 46.4 Å². The molecule has 1 rings (SSSR count). The lowest BCUT2D eigenvalue weighted by atomic mass is 10.0. The quantitative estimate of drug-likeness (QED) is 0.344. The molecule has 0 saturated carbocycles. The first-order valence-electron chi connectivity index (χ1n) is 4.76. The summed E-state index contributed by atoms with van der Waals surface area (Å²) >= 11 is 23.3. The molecule has 1 aromatic carbocycles. The second kappa shape index (κ2) is 6.05. The third kappa shape index (κ3) is 3.35. The van der Waals surface area contributed by atoms with E-state index >= 15 is 0 Å². The van der Waals surface area contributed by atoms with Crippen LogP contribution in [0.5, 0.6) is 0 Å². The van der Waals surface area contributed by atoms with Gasteiger partial charge in [0.2, 0.25) is 0 Å². The normalized spacial score (nSPS) is 10.4. The molecule has 0 bridgehead atoms. The molecule has 0 radical (unpaired) electrons. The van der Waals surface area contributed by atoms with E-state index in [9.17, 15) is 9.59 Å². The van der Waals surface area contributed by atoms with Crippen LogP contribution in [0, 0.1) is 0 Å². The van der Waals surface area contributed by atoms with Crippen LogP contribution in [-0.4, -0.2) is 11.6 Å². The summed E-state index contributed by atoms with van der Waals surface area (Å²) in [5, 5.41) is 0.271. The van der Waals surface area contributed by atoms with Crippen LogP contribution < -0.4 is 0 Å². The molecule has 0 aromatic heterocycles. The molecule has 17 heavy (non-hydrogen) atoms. The molecule has 0 aliphatic rings. The van der Waals surface area contributed by atoms with Crippen LogP contribution in [0.4, 0.5) is 0 Å². The minimum absolute atomic E-state index is 0.0214. The molecule has 2 nitrogen and oxygen atoms in total. The van der Waals surface area contributed by atoms with Gasteiger partial charge in [0, 0.05) is 12.0 Å². The van der Waals surface area contributed by atoms with Gasteiger partial charge < -0.3 is 0 Å². The molecule has 0 N–H and O–H groups in total. The van der Waals surface area contributed by atoms with Gasteiger partial charge in [-0.25, -0.2) is 0 Å². The van der Waals surface area contributed by atoms with E-state index in [0.717, 1.165) is 0 Å². The minimum Gasteiger partial charge on any atom is -0.299 e. The van der Waals surface area contributed by atoms with Gasteiger partial charge in [-0.05, 0) is 6.07 Å². The van der Waals surface area contributed by atoms with E-state index < -0.39 is 5.78 Å². The van der Waals surface area contributed by atoms with E-state index in [0.29, 0.717) is 6.42 Å². The molecule has 92 valence electrons. The molecule has 0 spiro atoms. The number of carbonyl (C=O) groups excluding carboxylic acids is 2. The van der Waals surface area contributed by atoms with Crippen molar-refractivity contribution in [1.29, 1.82) is 0 Å². The van der Waals surface area contributed by atoms with Crippen LogP contribution >= 0.6 is 46.4 Å². The smallest absolute Gasteiger partial charge is 0.171 e. The zero-order valence-electron chi connectivity index (χ0n) is 8.82. The van der Waals surface area contributed by atoms with Crippen LogP contribution in [0.2, 0.25) is 20.1 Å². The Hall–Kier alpha value is -0.280. The minimum atomic E-state index is -0.415. The van der Waals surface area contributed by atoms with Crippen molar-refractivity contribution in [2.45, 2.75) is 19.8 Å². The summed E-state index contributed by atoms with van der Waals surface area (Å²) in [6.07, 6.45) is 0.0723. The van der Waals surface area contributed by atoms with Gasteiger partial charge in [-0.2, -0.15) is 0 Å². The average Bonchev–Trinajstić information content (AvgIpc) is 2.30. The SMILES string of the molecule is CCC(=O)CC(=O)c1cc(Cl)c(Cl)c(Cl)c1Cl. The van der Waals surface area contributed by atoms with Gasteiger partial charge in [-0.15, -0.1) is 0 Å². The maximum absolute atomic E-state index is 11.8. The van der Waals surface area contributed by atoms with Gasteiger partial charge in [-0.3, -0.25) is 9.59 Å². The first kappa shape index (κ1) is 14.8. The first-order chi connectivity index (χ1) is 7.88. The summed E-state index contributed by atoms with van der Waals surface area (Å²) in [4.78, 5) is 23.0. The molecule has 0 aliphatic carbocycles. The monoisotopic (exact) mass is 312 g/mol. The highest BCUT2D eigenvalue weighted by Crippen LogP contribution is 2.38. The predicted octanol–water partition coefficient (Wildman–Crippen LogP) is 4.85. The van der Waals surface area contributed by atoms with Gasteiger partial charge in [0.05, 0.1) is 26.5 Å². The summed E-state index contributed by atoms with van der Waals surface area (Å²) < 4.78 is 0. The number of rotatable bonds is 4. The number of Topliss-reactive ketones (excluding diaryl/α,β-unsaturated/α-hetero) is 2. The van der Waals surface area contributed by atoms with Crippen LogP contribution in [0.15, 0.2) is 6.07 Å². The third-order valence-electron chi connectivity index (χ3n) is 2.16. The summed E-state index contributed by atoms with van der Waals surface area (Å²) in [7, 11) is 0. The van der Waals surface area contributed by atoms with Gasteiger partial charge in [0.1, 0.15) is 5.78 Å². The first-order valence-corrected chi connectivity index (χ1v) is 6.27. The van der Waals surface area contributed by atoms with Crippen molar-refractivity contribution in [3.05, 3.63) is 31.7 Å². The van der Waals surface area contributed by atoms with Crippen LogP contribution in [-0.2, 0) is 4.79 Å². The average molecular weight is 314 g/mol. The summed E-state index contributed by atoms with van der Waals surface area (Å²) in [5.74, 6) is -0.587. The predicted molar refractivity (Wildman–Crippen MR) is 70.7 cm³/mol. The van der Waals surface area contributed by atoms with Crippen molar-refractivity contribution in [2.24, 2.45) is 0 Å². The van der Waals surface area contributed by atoms with Crippen molar-refractivity contribution in [3.8, 4) is 0 Å². The zero-order valence-corrected chi connectivity index (χ0v) is 11.8. The van der Waals surface area contributed by atoms with E-state index in [1.807, 2.05) is 0 Å². The number of hydrogen-bond acceptors (Lipinski definition) is 2. The molecule has 0 aliphatic heterocycles. The Morgan fingerprint density at radius 3 is 2.18 bits per heavy atom. The number of carbonyl (C=O) groups is 2. The highest BCUT2D eigenvalue weighted by molar-refractivity contribution is 6.52. The number of halogens is 4. The van der Waals surface area contributed by atoms with Gasteiger partial charge in [-0.1, -0.05) is 53.3 Å². The van der Waals surface area contributed by atoms with Crippen LogP contribution in [0.1, 0.15) is 30.1 Å². The summed E-state index contributed by atoms with van der Waals surface area (Å²) in [5.41, 5.74) is 0.118. The highest BCUT2D eigenvalue weighted by atomic mass is 35.5. The molecule has 0 fully saturated rings. The topological polar surface area (TPSA) is 34.1 Å². The van der Waals surface area contributed by atoms with Crippen molar-refractivity contribution >= 4 is 58.0 Å². The molecule has 0 unspecified atom stereocenters. The van der Waals surface area contributed by atoms with E-state index in [1.165, 1.54) is 6.07 Å². The second-order valence-electron chi connectivity index (χ2n) is 3.34. The Morgan fingerprint density at radius 2 is 1.65 bits per heavy atom. The molecule has 0 amide bonds. The molecule has 0 saturated heterocycles. The van der Waals surface area contributed by atoms with Crippen molar-refractivity contribution in [2.75, 3.05) is 0 Å². The van der Waals surface area contributed by atoms with Gasteiger partial charge in [0.25, 0.3) is 0 Å². The van der Waals surface area contributed by atoms with Crippen LogP contribution in [0.3, 0.4) is 0 Å². The van der Waals surface area contributed by atoms with Gasteiger partial charge >= 0.3 is 0 Å². The Morgan fingerprint density at radius 1 is 1.06 bits per heavy atom. The van der Waals surface area contributed by atoms with E-state index in [1.54, 1.807) is 6.92 Å². The third-order valence-corrected chi connectivity index (χ3v) is 3.91. The number of benzene rings is 1. The molecule has 0 atom stereocenters. The fraction of sp³-hybridized carbons (Fsp3) is 0.273. The summed E-state index contributed by atoms with van der Waals surface area (Å²) in [6, 6.07) is 1.32. The lowest BCUT2D eigenvalue weighted by molar-refractivity contribution is -0.117. The molecule has 1 aromatic rings. The Balaban J connectivity index is 3.15. The zero-order chi connectivity index (χ0) is 13.2. The van der Waals surface area contributed by atoms with Crippen LogP contribution in [0.25, 0.3) is 0 Å². The number of ketones is 2. The maximum Gasteiger partial charge on any atom is 0.171 e. The Kier molecular flexibility index (Phi) is 5.26. The number of hydrogen-bond donors (Lipinski definition) is 0. The fourth-order valence-corrected chi connectivity index (χ4v) is 2.08. The maximum atomic E-state index is 11.8. The van der Waals surface area contributed by atoms with Gasteiger partial charge in [0.15, 0.2) is 5.78 Å². The van der Waals surface area contributed by atoms with Crippen molar-refractivity contribution in [3.63, 3.8) is 0 Å². The molecular weight excluding hydrogens is 306 g/mol. The molecular formula is C11H8Cl4O2. The van der Waals surface area contributed by atoms with E-state index in [-0.39, 0.29) is 37.9 Å². The standard InChI is InChI=1S/C11H8Cl4O2/c1-2-5(16)3-8(17)6-4-7(12)10(14)11(15)9(6)13/h4H,2-3H2,1H3. The summed E-state index contributed by atoms with van der Waals surface area (Å²) in [6.45, 7) is 1.68. The fourth-order valence-electron chi connectivity index (χ4n) is 1.18. The largest absolute Gasteiger partial charge is 0.299 e. The lowest BCUT2D eigenvalue weighted by Crippen LogP contribution is -2.08. The van der Waals surface area contributed by atoms with Crippen molar-refractivity contribution < 1.29 is 9.59 Å². The van der Waals surface area contributed by atoms with Crippen molar-refractivity contribution in [1.82, 2.24) is 0 Å². The second-order valence-corrected chi connectivity index (χ2v) is 4.88. The lowest BCUT2D eigenvalue weighted by Gasteiger charge is -2.07. The molecule has 0 heterocycles. The highest BCUT2D eigenvalue weighted by Gasteiger charge is 2.19.